The minimum atomic E-state index is -0.377. The van der Waals surface area contributed by atoms with E-state index < -0.39 is 0 Å². The van der Waals surface area contributed by atoms with Gasteiger partial charge in [-0.3, -0.25) is 9.59 Å². The van der Waals surface area contributed by atoms with E-state index in [-0.39, 0.29) is 23.1 Å². The van der Waals surface area contributed by atoms with Crippen molar-refractivity contribution in [2.45, 2.75) is 38.1 Å². The summed E-state index contributed by atoms with van der Waals surface area (Å²) in [7, 11) is 0. The summed E-state index contributed by atoms with van der Waals surface area (Å²) in [5, 5.41) is 2.97. The van der Waals surface area contributed by atoms with Gasteiger partial charge in [-0.05, 0) is 36.5 Å². The molecule has 132 valence electrons. The van der Waals surface area contributed by atoms with Gasteiger partial charge in [-0.1, -0.05) is 49.6 Å². The average Bonchev–Trinajstić information content (AvgIpc) is 2.67. The zero-order valence-electron chi connectivity index (χ0n) is 14.3. The molecule has 5 nitrogen and oxygen atoms in total. The molecule has 25 heavy (non-hydrogen) atoms. The van der Waals surface area contributed by atoms with E-state index in [1.54, 1.807) is 12.1 Å². The van der Waals surface area contributed by atoms with Crippen molar-refractivity contribution in [3.63, 3.8) is 0 Å². The standard InChI is InChI=1S/C20H25N3O2/c21-13-18(15-9-5-2-6-10-15)23-20(25)16-11-12-17(22-19(16)24)14-7-3-1-4-8-14/h1,3-4,7-8,11-12,15,18H,2,5-6,9-10,13,21H2,(H,22,24)(H,23,25). The van der Waals surface area contributed by atoms with Crippen molar-refractivity contribution >= 4 is 5.91 Å². The normalized spacial score (nSPS) is 16.4. The van der Waals surface area contributed by atoms with E-state index in [1.807, 2.05) is 30.3 Å². The maximum Gasteiger partial charge on any atom is 0.261 e. The molecule has 1 saturated carbocycles. The van der Waals surface area contributed by atoms with Gasteiger partial charge in [0.05, 0.1) is 0 Å². The molecule has 1 aliphatic rings. The van der Waals surface area contributed by atoms with Gasteiger partial charge in [0, 0.05) is 18.3 Å². The Morgan fingerprint density at radius 2 is 1.84 bits per heavy atom. The minimum Gasteiger partial charge on any atom is -0.348 e. The van der Waals surface area contributed by atoms with Gasteiger partial charge in [0.25, 0.3) is 11.5 Å². The Balaban J connectivity index is 1.74. The van der Waals surface area contributed by atoms with Gasteiger partial charge < -0.3 is 16.0 Å². The highest BCUT2D eigenvalue weighted by atomic mass is 16.2. The number of benzene rings is 1. The number of amides is 1. The summed E-state index contributed by atoms with van der Waals surface area (Å²) in [4.78, 5) is 27.7. The number of carbonyl (C=O) groups excluding carboxylic acids is 1. The predicted octanol–water partition coefficient (Wildman–Crippen LogP) is 2.68. The van der Waals surface area contributed by atoms with Crippen LogP contribution in [0.1, 0.15) is 42.5 Å². The van der Waals surface area contributed by atoms with Crippen LogP contribution in [0, 0.1) is 5.92 Å². The number of rotatable bonds is 5. The molecule has 1 fully saturated rings. The van der Waals surface area contributed by atoms with Gasteiger partial charge in [-0.2, -0.15) is 0 Å². The highest BCUT2D eigenvalue weighted by Crippen LogP contribution is 2.26. The van der Waals surface area contributed by atoms with Crippen LogP contribution in [0.2, 0.25) is 0 Å². The van der Waals surface area contributed by atoms with Crippen LogP contribution in [0.25, 0.3) is 11.3 Å². The SMILES string of the molecule is NCC(NC(=O)c1ccc(-c2ccccc2)[nH]c1=O)C1CCCCC1. The second-order valence-corrected chi connectivity index (χ2v) is 6.69. The summed E-state index contributed by atoms with van der Waals surface area (Å²) >= 11 is 0. The van der Waals surface area contributed by atoms with E-state index in [2.05, 4.69) is 10.3 Å². The number of carbonyl (C=O) groups is 1. The van der Waals surface area contributed by atoms with Crippen molar-refractivity contribution in [2.75, 3.05) is 6.54 Å². The lowest BCUT2D eigenvalue weighted by Gasteiger charge is -2.30. The second-order valence-electron chi connectivity index (χ2n) is 6.69. The fourth-order valence-corrected chi connectivity index (χ4v) is 3.59. The molecule has 0 spiro atoms. The van der Waals surface area contributed by atoms with Crippen LogP contribution in [0.3, 0.4) is 0 Å². The fourth-order valence-electron chi connectivity index (χ4n) is 3.59. The van der Waals surface area contributed by atoms with E-state index in [1.165, 1.54) is 19.3 Å². The lowest BCUT2D eigenvalue weighted by Crippen LogP contribution is -2.47. The van der Waals surface area contributed by atoms with Crippen molar-refractivity contribution in [1.29, 1.82) is 0 Å². The van der Waals surface area contributed by atoms with Crippen LogP contribution in [0.4, 0.5) is 0 Å². The minimum absolute atomic E-state index is 0.0685. The maximum atomic E-state index is 12.5. The van der Waals surface area contributed by atoms with Crippen molar-refractivity contribution in [2.24, 2.45) is 11.7 Å². The monoisotopic (exact) mass is 339 g/mol. The molecule has 1 amide bonds. The Hall–Kier alpha value is -2.40. The van der Waals surface area contributed by atoms with E-state index in [4.69, 9.17) is 5.73 Å². The summed E-state index contributed by atoms with van der Waals surface area (Å²) in [6.45, 7) is 0.399. The number of pyridine rings is 1. The van der Waals surface area contributed by atoms with Gasteiger partial charge in [0.15, 0.2) is 0 Å². The molecule has 1 heterocycles. The molecule has 0 bridgehead atoms. The van der Waals surface area contributed by atoms with Gasteiger partial charge in [0.2, 0.25) is 0 Å². The first-order valence-corrected chi connectivity index (χ1v) is 8.98. The molecule has 0 aliphatic heterocycles. The van der Waals surface area contributed by atoms with Crippen molar-refractivity contribution in [1.82, 2.24) is 10.3 Å². The molecule has 3 rings (SSSR count). The lowest BCUT2D eigenvalue weighted by atomic mass is 9.84. The molecular formula is C20H25N3O2. The van der Waals surface area contributed by atoms with E-state index in [0.717, 1.165) is 18.4 Å². The molecule has 1 aromatic heterocycles. The number of aromatic nitrogens is 1. The third kappa shape index (κ3) is 4.17. The number of hydrogen-bond acceptors (Lipinski definition) is 3. The first kappa shape index (κ1) is 17.4. The Morgan fingerprint density at radius 3 is 2.48 bits per heavy atom. The molecule has 1 aromatic carbocycles. The topological polar surface area (TPSA) is 88.0 Å². The molecule has 1 aliphatic carbocycles. The van der Waals surface area contributed by atoms with Crippen LogP contribution in [0.5, 0.6) is 0 Å². The molecular weight excluding hydrogens is 314 g/mol. The van der Waals surface area contributed by atoms with Crippen molar-refractivity contribution in [3.05, 3.63) is 58.4 Å². The van der Waals surface area contributed by atoms with Gasteiger partial charge in [-0.25, -0.2) is 0 Å². The molecule has 2 aromatic rings. The summed E-state index contributed by atoms with van der Waals surface area (Å²) in [6, 6.07) is 12.9. The summed E-state index contributed by atoms with van der Waals surface area (Å²) in [6.07, 6.45) is 5.80. The smallest absolute Gasteiger partial charge is 0.261 e. The molecule has 0 saturated heterocycles. The zero-order chi connectivity index (χ0) is 17.6. The molecule has 0 radical (unpaired) electrons. The van der Waals surface area contributed by atoms with Crippen molar-refractivity contribution in [3.8, 4) is 11.3 Å². The Labute approximate surface area is 147 Å². The van der Waals surface area contributed by atoms with Crippen LogP contribution < -0.4 is 16.6 Å². The average molecular weight is 339 g/mol. The van der Waals surface area contributed by atoms with E-state index in [9.17, 15) is 9.59 Å². The molecule has 4 N–H and O–H groups in total. The first-order valence-electron chi connectivity index (χ1n) is 8.98. The lowest BCUT2D eigenvalue weighted by molar-refractivity contribution is 0.0914. The van der Waals surface area contributed by atoms with Crippen LogP contribution in [-0.2, 0) is 0 Å². The zero-order valence-corrected chi connectivity index (χ0v) is 14.3. The van der Waals surface area contributed by atoms with Gasteiger partial charge in [-0.15, -0.1) is 0 Å². The highest BCUT2D eigenvalue weighted by molar-refractivity contribution is 5.94. The highest BCUT2D eigenvalue weighted by Gasteiger charge is 2.25. The van der Waals surface area contributed by atoms with Crippen LogP contribution in [-0.4, -0.2) is 23.5 Å². The summed E-state index contributed by atoms with van der Waals surface area (Å²) < 4.78 is 0. The maximum absolute atomic E-state index is 12.5. The molecule has 1 unspecified atom stereocenters. The Bertz CT molecular complexity index is 764. The number of H-pyrrole nitrogens is 1. The largest absolute Gasteiger partial charge is 0.348 e. The van der Waals surface area contributed by atoms with E-state index >= 15 is 0 Å². The Kier molecular flexibility index (Phi) is 5.66. The third-order valence-corrected chi connectivity index (χ3v) is 5.03. The quantitative estimate of drug-likeness (QED) is 0.782. The Morgan fingerprint density at radius 1 is 1.12 bits per heavy atom. The van der Waals surface area contributed by atoms with Crippen LogP contribution >= 0.6 is 0 Å². The van der Waals surface area contributed by atoms with Crippen molar-refractivity contribution < 1.29 is 4.79 Å². The summed E-state index contributed by atoms with van der Waals surface area (Å²) in [5.74, 6) is 0.0623. The fraction of sp³-hybridized carbons (Fsp3) is 0.400. The molecule has 5 heteroatoms. The number of nitrogens with one attached hydrogen (secondary N) is 2. The third-order valence-electron chi connectivity index (χ3n) is 5.03. The number of aromatic amines is 1. The summed E-state index contributed by atoms with van der Waals surface area (Å²) in [5.41, 5.74) is 7.23. The van der Waals surface area contributed by atoms with Gasteiger partial charge in [0.1, 0.15) is 5.56 Å². The second kappa shape index (κ2) is 8.12. The first-order chi connectivity index (χ1) is 12.2. The number of nitrogens with two attached hydrogens (primary N) is 1. The predicted molar refractivity (Wildman–Crippen MR) is 99.4 cm³/mol. The van der Waals surface area contributed by atoms with E-state index in [0.29, 0.717) is 18.2 Å². The van der Waals surface area contributed by atoms with Gasteiger partial charge >= 0.3 is 0 Å². The molecule has 1 atom stereocenters. The van der Waals surface area contributed by atoms with Crippen LogP contribution in [0.15, 0.2) is 47.3 Å². The number of hydrogen-bond donors (Lipinski definition) is 3.